The molecule has 0 aliphatic heterocycles. The van der Waals surface area contributed by atoms with Crippen LogP contribution in [0.2, 0.25) is 0 Å². The van der Waals surface area contributed by atoms with Gasteiger partial charge in [0, 0.05) is 12.5 Å². The first-order valence-electron chi connectivity index (χ1n) is 7.66. The summed E-state index contributed by atoms with van der Waals surface area (Å²) >= 11 is 0. The minimum absolute atomic E-state index is 0.00397. The molecule has 0 heterocycles. The molecule has 5 heteroatoms. The van der Waals surface area contributed by atoms with E-state index < -0.39 is 11.9 Å². The number of hydrogen-bond donors (Lipinski definition) is 2. The van der Waals surface area contributed by atoms with Crippen LogP contribution in [0.1, 0.15) is 37.3 Å². The molecule has 1 aromatic rings. The first-order valence-corrected chi connectivity index (χ1v) is 7.66. The van der Waals surface area contributed by atoms with E-state index in [-0.39, 0.29) is 11.3 Å². The highest BCUT2D eigenvalue weighted by atomic mass is 16.5. The van der Waals surface area contributed by atoms with Crippen LogP contribution >= 0.6 is 0 Å². The summed E-state index contributed by atoms with van der Waals surface area (Å²) in [5.74, 6) is -0.569. The molecule has 0 saturated heterocycles. The molecular weight excluding hydrogens is 280 g/mol. The number of hydrogen-bond acceptors (Lipinski definition) is 3. The fraction of sp³-hybridized carbons (Fsp3) is 0.529. The summed E-state index contributed by atoms with van der Waals surface area (Å²) in [6.07, 6.45) is 3.40. The predicted octanol–water partition coefficient (Wildman–Crippen LogP) is 2.06. The van der Waals surface area contributed by atoms with Crippen molar-refractivity contribution in [3.8, 4) is 0 Å². The number of hydroxylamine groups is 1. The summed E-state index contributed by atoms with van der Waals surface area (Å²) in [7, 11) is 1.62. The fourth-order valence-electron chi connectivity index (χ4n) is 2.68. The second-order valence-electron chi connectivity index (χ2n) is 6.33. The van der Waals surface area contributed by atoms with Crippen molar-refractivity contribution in [3.63, 3.8) is 0 Å². The van der Waals surface area contributed by atoms with E-state index in [2.05, 4.69) is 31.2 Å². The van der Waals surface area contributed by atoms with Crippen LogP contribution in [-0.4, -0.2) is 35.0 Å². The molecule has 2 N–H and O–H groups in total. The van der Waals surface area contributed by atoms with E-state index in [0.29, 0.717) is 0 Å². The van der Waals surface area contributed by atoms with Gasteiger partial charge in [0.2, 0.25) is 5.91 Å². The molecule has 2 amide bonds. The Morgan fingerprint density at radius 1 is 1.32 bits per heavy atom. The normalized spacial score (nSPS) is 16.7. The average Bonchev–Trinajstić information content (AvgIpc) is 3.32. The third-order valence-corrected chi connectivity index (χ3v) is 4.71. The van der Waals surface area contributed by atoms with E-state index in [0.717, 1.165) is 25.7 Å². The molecule has 0 radical (unpaired) electrons. The second kappa shape index (κ2) is 6.48. The van der Waals surface area contributed by atoms with Gasteiger partial charge in [0.1, 0.15) is 6.04 Å². The quantitative estimate of drug-likeness (QED) is 0.624. The zero-order valence-electron chi connectivity index (χ0n) is 13.4. The minimum atomic E-state index is -0.672. The number of likely N-dealkylation sites (N-methyl/N-ethyl adjacent to an activating group) is 1. The Kier molecular flexibility index (Phi) is 4.86. The second-order valence-corrected chi connectivity index (χ2v) is 6.33. The van der Waals surface area contributed by atoms with E-state index in [1.807, 2.05) is 0 Å². The SMILES string of the molecule is Cc1ccc(CCC2(C(=O)N(C)C(C)C(=O)NO)CC2)cc1. The molecule has 1 aliphatic rings. The number of carbonyl (C=O) groups excluding carboxylic acids is 2. The lowest BCUT2D eigenvalue weighted by Crippen LogP contribution is -2.47. The lowest BCUT2D eigenvalue weighted by molar-refractivity contribution is -0.145. The van der Waals surface area contributed by atoms with Gasteiger partial charge in [-0.2, -0.15) is 0 Å². The van der Waals surface area contributed by atoms with Crippen molar-refractivity contribution in [2.24, 2.45) is 5.41 Å². The molecule has 1 fully saturated rings. The Labute approximate surface area is 131 Å². The average molecular weight is 304 g/mol. The standard InChI is InChI=1S/C17H24N2O3/c1-12-4-6-14(7-5-12)8-9-17(10-11-17)16(21)19(3)13(2)15(20)18-22/h4-7,13,22H,8-11H2,1-3H3,(H,18,20). The number of nitrogens with zero attached hydrogens (tertiary/aromatic N) is 1. The molecule has 2 rings (SSSR count). The smallest absolute Gasteiger partial charge is 0.265 e. The summed E-state index contributed by atoms with van der Waals surface area (Å²) in [4.78, 5) is 25.5. The predicted molar refractivity (Wildman–Crippen MR) is 83.3 cm³/mol. The lowest BCUT2D eigenvalue weighted by atomic mass is 9.94. The number of carbonyl (C=O) groups is 2. The Morgan fingerprint density at radius 3 is 2.41 bits per heavy atom. The van der Waals surface area contributed by atoms with Crippen LogP contribution < -0.4 is 5.48 Å². The molecule has 0 spiro atoms. The van der Waals surface area contributed by atoms with Gasteiger partial charge in [0.15, 0.2) is 0 Å². The monoisotopic (exact) mass is 304 g/mol. The van der Waals surface area contributed by atoms with Gasteiger partial charge in [-0.05, 0) is 45.1 Å². The number of aryl methyl sites for hydroxylation is 2. The first kappa shape index (κ1) is 16.5. The molecule has 120 valence electrons. The van der Waals surface area contributed by atoms with Crippen molar-refractivity contribution < 1.29 is 14.8 Å². The highest BCUT2D eigenvalue weighted by Gasteiger charge is 2.51. The van der Waals surface area contributed by atoms with Crippen molar-refractivity contribution in [1.82, 2.24) is 10.4 Å². The maximum absolute atomic E-state index is 12.6. The Balaban J connectivity index is 1.97. The van der Waals surface area contributed by atoms with Gasteiger partial charge in [0.05, 0.1) is 0 Å². The van der Waals surface area contributed by atoms with Gasteiger partial charge < -0.3 is 4.90 Å². The third kappa shape index (κ3) is 3.47. The number of rotatable bonds is 6. The lowest BCUT2D eigenvalue weighted by Gasteiger charge is -2.27. The Morgan fingerprint density at radius 2 is 1.91 bits per heavy atom. The van der Waals surface area contributed by atoms with Crippen LogP contribution in [0, 0.1) is 12.3 Å². The topological polar surface area (TPSA) is 69.6 Å². The van der Waals surface area contributed by atoms with Gasteiger partial charge in [-0.15, -0.1) is 0 Å². The molecule has 0 aromatic heterocycles. The van der Waals surface area contributed by atoms with Gasteiger partial charge in [-0.3, -0.25) is 14.8 Å². The molecule has 5 nitrogen and oxygen atoms in total. The van der Waals surface area contributed by atoms with Crippen molar-refractivity contribution in [3.05, 3.63) is 35.4 Å². The number of amides is 2. The van der Waals surface area contributed by atoms with Crippen LogP contribution in [-0.2, 0) is 16.0 Å². The van der Waals surface area contributed by atoms with Gasteiger partial charge >= 0.3 is 0 Å². The summed E-state index contributed by atoms with van der Waals surface area (Å²) in [5.41, 5.74) is 3.73. The van der Waals surface area contributed by atoms with Crippen LogP contribution in [0.4, 0.5) is 0 Å². The molecule has 1 atom stereocenters. The Bertz CT molecular complexity index is 550. The van der Waals surface area contributed by atoms with Crippen LogP contribution in [0.15, 0.2) is 24.3 Å². The maximum atomic E-state index is 12.6. The molecule has 1 aliphatic carbocycles. The Hall–Kier alpha value is -1.88. The zero-order valence-corrected chi connectivity index (χ0v) is 13.4. The fourth-order valence-corrected chi connectivity index (χ4v) is 2.68. The largest absolute Gasteiger partial charge is 0.333 e. The molecule has 22 heavy (non-hydrogen) atoms. The maximum Gasteiger partial charge on any atom is 0.265 e. The highest BCUT2D eigenvalue weighted by molar-refractivity contribution is 5.90. The van der Waals surface area contributed by atoms with Crippen molar-refractivity contribution in [1.29, 1.82) is 0 Å². The van der Waals surface area contributed by atoms with Crippen molar-refractivity contribution >= 4 is 11.8 Å². The summed E-state index contributed by atoms with van der Waals surface area (Å²) in [5, 5.41) is 8.69. The molecular formula is C17H24N2O3. The third-order valence-electron chi connectivity index (χ3n) is 4.71. The van der Waals surface area contributed by atoms with E-state index in [4.69, 9.17) is 5.21 Å². The number of benzene rings is 1. The van der Waals surface area contributed by atoms with E-state index in [9.17, 15) is 9.59 Å². The first-order chi connectivity index (χ1) is 10.4. The number of nitrogens with one attached hydrogen (secondary N) is 1. The summed E-state index contributed by atoms with van der Waals surface area (Å²) < 4.78 is 0. The van der Waals surface area contributed by atoms with Crippen LogP contribution in [0.3, 0.4) is 0 Å². The van der Waals surface area contributed by atoms with Crippen molar-refractivity contribution in [2.45, 2.75) is 45.6 Å². The molecule has 1 unspecified atom stereocenters. The minimum Gasteiger partial charge on any atom is -0.333 e. The highest BCUT2D eigenvalue weighted by Crippen LogP contribution is 2.51. The van der Waals surface area contributed by atoms with Gasteiger partial charge in [-0.25, -0.2) is 5.48 Å². The zero-order chi connectivity index (χ0) is 16.3. The molecule has 1 aromatic carbocycles. The van der Waals surface area contributed by atoms with Crippen molar-refractivity contribution in [2.75, 3.05) is 7.05 Å². The molecule has 0 bridgehead atoms. The molecule has 1 saturated carbocycles. The van der Waals surface area contributed by atoms with Crippen LogP contribution in [0.5, 0.6) is 0 Å². The summed E-state index contributed by atoms with van der Waals surface area (Å²) in [6.45, 7) is 3.66. The van der Waals surface area contributed by atoms with E-state index in [1.165, 1.54) is 16.0 Å². The van der Waals surface area contributed by atoms with Crippen LogP contribution in [0.25, 0.3) is 0 Å². The van der Waals surface area contributed by atoms with Gasteiger partial charge in [-0.1, -0.05) is 29.8 Å². The van der Waals surface area contributed by atoms with Gasteiger partial charge in [0.25, 0.3) is 5.91 Å². The van der Waals surface area contributed by atoms with E-state index >= 15 is 0 Å². The summed E-state index contributed by atoms with van der Waals surface area (Å²) in [6, 6.07) is 7.69. The van der Waals surface area contributed by atoms with E-state index in [1.54, 1.807) is 19.5 Å².